The molecule has 0 aliphatic rings. The molecule has 1 aromatic carbocycles. The molecule has 2 aromatic rings. The van der Waals surface area contributed by atoms with Crippen LogP contribution in [0.25, 0.3) is 0 Å². The fraction of sp³-hybridized carbons (Fsp3) is 0.308. The van der Waals surface area contributed by atoms with Gasteiger partial charge < -0.3 is 5.11 Å². The molecule has 90 valence electrons. The molecule has 2 rings (SSSR count). The third-order valence-electron chi connectivity index (χ3n) is 2.83. The molecule has 0 bridgehead atoms. The summed E-state index contributed by atoms with van der Waals surface area (Å²) in [6.45, 7) is 4.76. The molecule has 0 saturated carbocycles. The van der Waals surface area contributed by atoms with E-state index < -0.39 is 6.10 Å². The van der Waals surface area contributed by atoms with Crippen molar-refractivity contribution < 1.29 is 5.11 Å². The van der Waals surface area contributed by atoms with E-state index in [9.17, 15) is 5.11 Å². The van der Waals surface area contributed by atoms with Crippen LogP contribution in [0, 0.1) is 6.92 Å². The molecule has 1 N–H and O–H groups in total. The Kier molecular flexibility index (Phi) is 3.50. The number of aliphatic hydroxyl groups is 1. The van der Waals surface area contributed by atoms with Crippen LogP contribution >= 0.6 is 11.6 Å². The van der Waals surface area contributed by atoms with Gasteiger partial charge in [0, 0.05) is 23.3 Å². The zero-order valence-corrected chi connectivity index (χ0v) is 10.6. The molecule has 17 heavy (non-hydrogen) atoms. The summed E-state index contributed by atoms with van der Waals surface area (Å²) in [6, 6.07) is 5.53. The van der Waals surface area contributed by atoms with Crippen molar-refractivity contribution in [2.75, 3.05) is 0 Å². The van der Waals surface area contributed by atoms with Crippen LogP contribution in [-0.4, -0.2) is 14.9 Å². The lowest BCUT2D eigenvalue weighted by Gasteiger charge is -2.12. The van der Waals surface area contributed by atoms with Crippen molar-refractivity contribution in [1.82, 2.24) is 9.78 Å². The van der Waals surface area contributed by atoms with E-state index in [2.05, 4.69) is 5.10 Å². The molecule has 0 amide bonds. The number of aryl methyl sites for hydroxylation is 2. The molecule has 0 radical (unpaired) electrons. The Labute approximate surface area is 106 Å². The second-order valence-electron chi connectivity index (χ2n) is 4.03. The van der Waals surface area contributed by atoms with Crippen molar-refractivity contribution in [1.29, 1.82) is 0 Å². The molecule has 3 nitrogen and oxygen atoms in total. The Hall–Kier alpha value is -1.32. The van der Waals surface area contributed by atoms with Gasteiger partial charge in [0.1, 0.15) is 6.10 Å². The zero-order chi connectivity index (χ0) is 12.4. The van der Waals surface area contributed by atoms with Gasteiger partial charge in [-0.2, -0.15) is 5.10 Å². The fourth-order valence-corrected chi connectivity index (χ4v) is 1.96. The van der Waals surface area contributed by atoms with Crippen LogP contribution < -0.4 is 0 Å². The van der Waals surface area contributed by atoms with Gasteiger partial charge >= 0.3 is 0 Å². The Bertz CT molecular complexity index is 522. The minimum Gasteiger partial charge on any atom is -0.384 e. The SMILES string of the molecule is CCn1cc(C(O)c2cc(Cl)ccc2C)cn1. The predicted molar refractivity (Wildman–Crippen MR) is 68.2 cm³/mol. The lowest BCUT2D eigenvalue weighted by Crippen LogP contribution is -2.01. The van der Waals surface area contributed by atoms with Crippen LogP contribution in [-0.2, 0) is 6.54 Å². The largest absolute Gasteiger partial charge is 0.384 e. The summed E-state index contributed by atoms with van der Waals surface area (Å²) in [4.78, 5) is 0. The number of aromatic nitrogens is 2. The van der Waals surface area contributed by atoms with E-state index in [0.29, 0.717) is 5.02 Å². The average molecular weight is 251 g/mol. The van der Waals surface area contributed by atoms with Gasteiger partial charge in [-0.05, 0) is 37.1 Å². The maximum Gasteiger partial charge on any atom is 0.107 e. The van der Waals surface area contributed by atoms with Gasteiger partial charge in [0.05, 0.1) is 6.20 Å². The van der Waals surface area contributed by atoms with Crippen molar-refractivity contribution in [2.24, 2.45) is 0 Å². The smallest absolute Gasteiger partial charge is 0.107 e. The molecule has 1 unspecified atom stereocenters. The highest BCUT2D eigenvalue weighted by Crippen LogP contribution is 2.26. The highest BCUT2D eigenvalue weighted by Gasteiger charge is 2.15. The van der Waals surface area contributed by atoms with E-state index in [1.165, 1.54) is 0 Å². The summed E-state index contributed by atoms with van der Waals surface area (Å²) in [5.41, 5.74) is 2.64. The van der Waals surface area contributed by atoms with Crippen LogP contribution in [0.3, 0.4) is 0 Å². The number of rotatable bonds is 3. The topological polar surface area (TPSA) is 38.0 Å². The first kappa shape index (κ1) is 12.1. The first-order valence-corrected chi connectivity index (χ1v) is 5.96. The predicted octanol–water partition coefficient (Wildman–Crippen LogP) is 2.95. The van der Waals surface area contributed by atoms with Gasteiger partial charge in [0.25, 0.3) is 0 Å². The first-order valence-electron chi connectivity index (χ1n) is 5.58. The molecule has 0 aliphatic carbocycles. The van der Waals surface area contributed by atoms with Crippen LogP contribution in [0.4, 0.5) is 0 Å². The Morgan fingerprint density at radius 1 is 1.47 bits per heavy atom. The minimum absolute atomic E-state index is 0.632. The molecule has 4 heteroatoms. The van der Waals surface area contributed by atoms with Crippen molar-refractivity contribution >= 4 is 11.6 Å². The van der Waals surface area contributed by atoms with E-state index in [-0.39, 0.29) is 0 Å². The standard InChI is InChI=1S/C13H15ClN2O/c1-3-16-8-10(7-15-16)13(17)12-6-11(14)5-4-9(12)2/h4-8,13,17H,3H2,1-2H3. The van der Waals surface area contributed by atoms with E-state index in [0.717, 1.165) is 23.2 Å². The van der Waals surface area contributed by atoms with Crippen LogP contribution in [0.2, 0.25) is 5.02 Å². The van der Waals surface area contributed by atoms with E-state index in [4.69, 9.17) is 11.6 Å². The van der Waals surface area contributed by atoms with Crippen LogP contribution in [0.15, 0.2) is 30.6 Å². The molecule has 0 spiro atoms. The minimum atomic E-state index is -0.672. The number of hydrogen-bond acceptors (Lipinski definition) is 2. The molecule has 0 fully saturated rings. The summed E-state index contributed by atoms with van der Waals surface area (Å²) in [7, 11) is 0. The van der Waals surface area contributed by atoms with Gasteiger partial charge in [-0.15, -0.1) is 0 Å². The highest BCUT2D eigenvalue weighted by molar-refractivity contribution is 6.30. The van der Waals surface area contributed by atoms with E-state index in [1.807, 2.05) is 32.2 Å². The number of benzene rings is 1. The maximum atomic E-state index is 10.3. The van der Waals surface area contributed by atoms with Gasteiger partial charge in [-0.1, -0.05) is 17.7 Å². The number of nitrogens with zero attached hydrogens (tertiary/aromatic N) is 2. The van der Waals surface area contributed by atoms with Crippen molar-refractivity contribution in [3.8, 4) is 0 Å². The average Bonchev–Trinajstić information content (AvgIpc) is 2.80. The highest BCUT2D eigenvalue weighted by atomic mass is 35.5. The molecule has 1 aromatic heterocycles. The molecule has 1 heterocycles. The first-order chi connectivity index (χ1) is 8.11. The van der Waals surface area contributed by atoms with Crippen LogP contribution in [0.1, 0.15) is 29.7 Å². The number of hydrogen-bond donors (Lipinski definition) is 1. The molecule has 0 saturated heterocycles. The molecular formula is C13H15ClN2O. The van der Waals surface area contributed by atoms with Gasteiger partial charge in [0.2, 0.25) is 0 Å². The van der Waals surface area contributed by atoms with E-state index >= 15 is 0 Å². The maximum absolute atomic E-state index is 10.3. The molecular weight excluding hydrogens is 236 g/mol. The lowest BCUT2D eigenvalue weighted by atomic mass is 10.00. The Balaban J connectivity index is 2.35. The van der Waals surface area contributed by atoms with E-state index in [1.54, 1.807) is 16.9 Å². The summed E-state index contributed by atoms with van der Waals surface area (Å²) in [5.74, 6) is 0. The quantitative estimate of drug-likeness (QED) is 0.910. The summed E-state index contributed by atoms with van der Waals surface area (Å²) in [5, 5.41) is 15.1. The van der Waals surface area contributed by atoms with Crippen molar-refractivity contribution in [3.05, 3.63) is 52.3 Å². The van der Waals surface area contributed by atoms with Gasteiger partial charge in [-0.25, -0.2) is 0 Å². The fourth-order valence-electron chi connectivity index (χ4n) is 1.78. The van der Waals surface area contributed by atoms with Gasteiger partial charge in [0.15, 0.2) is 0 Å². The van der Waals surface area contributed by atoms with Gasteiger partial charge in [-0.3, -0.25) is 4.68 Å². The second-order valence-corrected chi connectivity index (χ2v) is 4.47. The normalized spacial score (nSPS) is 12.7. The zero-order valence-electron chi connectivity index (χ0n) is 9.89. The Morgan fingerprint density at radius 2 is 2.24 bits per heavy atom. The van der Waals surface area contributed by atoms with Crippen molar-refractivity contribution in [3.63, 3.8) is 0 Å². The number of halogens is 1. The second kappa shape index (κ2) is 4.90. The van der Waals surface area contributed by atoms with Crippen LogP contribution in [0.5, 0.6) is 0 Å². The third-order valence-corrected chi connectivity index (χ3v) is 3.06. The number of aliphatic hydroxyl groups excluding tert-OH is 1. The third kappa shape index (κ3) is 2.51. The monoisotopic (exact) mass is 250 g/mol. The summed E-state index contributed by atoms with van der Waals surface area (Å²) in [6.07, 6.45) is 2.87. The molecule has 1 atom stereocenters. The lowest BCUT2D eigenvalue weighted by molar-refractivity contribution is 0.219. The molecule has 0 aliphatic heterocycles. The van der Waals surface area contributed by atoms with Crippen molar-refractivity contribution in [2.45, 2.75) is 26.5 Å². The summed E-state index contributed by atoms with van der Waals surface area (Å²) >= 11 is 5.95. The Morgan fingerprint density at radius 3 is 2.88 bits per heavy atom. The summed E-state index contributed by atoms with van der Waals surface area (Å²) < 4.78 is 1.79.